The first-order chi connectivity index (χ1) is 6.19. The zero-order chi connectivity index (χ0) is 9.73. The van der Waals surface area contributed by atoms with Gasteiger partial charge in [0.1, 0.15) is 5.54 Å². The average Bonchev–Trinajstić information content (AvgIpc) is 2.54. The van der Waals surface area contributed by atoms with Crippen molar-refractivity contribution in [1.29, 1.82) is 0 Å². The van der Waals surface area contributed by atoms with Gasteiger partial charge in [0, 0.05) is 6.61 Å². The zero-order valence-corrected chi connectivity index (χ0v) is 7.72. The van der Waals surface area contributed by atoms with Crippen molar-refractivity contribution in [3.8, 4) is 11.8 Å². The molecular weight excluding hydrogens is 168 g/mol. The van der Waals surface area contributed by atoms with E-state index >= 15 is 0 Å². The van der Waals surface area contributed by atoms with Crippen LogP contribution in [0.5, 0.6) is 0 Å². The molecular formula is C9H14N2O2. The molecule has 0 aromatic rings. The Morgan fingerprint density at radius 2 is 2.54 bits per heavy atom. The minimum absolute atomic E-state index is 0.173. The van der Waals surface area contributed by atoms with Crippen molar-refractivity contribution in [2.45, 2.75) is 18.9 Å². The number of nitrogens with one attached hydrogen (secondary N) is 1. The third-order valence-electron chi connectivity index (χ3n) is 2.02. The van der Waals surface area contributed by atoms with E-state index < -0.39 is 5.54 Å². The van der Waals surface area contributed by atoms with Gasteiger partial charge in [0.05, 0.1) is 13.2 Å². The molecule has 1 saturated heterocycles. The molecule has 3 N–H and O–H groups in total. The van der Waals surface area contributed by atoms with E-state index in [1.807, 2.05) is 0 Å². The van der Waals surface area contributed by atoms with Crippen LogP contribution in [0.25, 0.3) is 0 Å². The van der Waals surface area contributed by atoms with Crippen LogP contribution >= 0.6 is 0 Å². The zero-order valence-electron chi connectivity index (χ0n) is 7.72. The van der Waals surface area contributed by atoms with Gasteiger partial charge in [0.2, 0.25) is 5.91 Å². The Balaban J connectivity index is 2.40. The molecule has 0 aliphatic carbocycles. The molecule has 0 spiro atoms. The molecule has 1 heterocycles. The first-order valence-corrected chi connectivity index (χ1v) is 4.23. The Hall–Kier alpha value is -1.05. The maximum Gasteiger partial charge on any atom is 0.243 e. The molecule has 1 aliphatic rings. The molecule has 0 aromatic heterocycles. The Morgan fingerprint density at radius 1 is 1.77 bits per heavy atom. The molecule has 1 amide bonds. The molecule has 1 atom stereocenters. The fourth-order valence-electron chi connectivity index (χ4n) is 1.15. The topological polar surface area (TPSA) is 64.4 Å². The first kappa shape index (κ1) is 10.0. The van der Waals surface area contributed by atoms with Crippen molar-refractivity contribution >= 4 is 5.91 Å². The van der Waals surface area contributed by atoms with E-state index in [4.69, 9.17) is 10.5 Å². The van der Waals surface area contributed by atoms with E-state index in [0.717, 1.165) is 0 Å². The second-order valence-electron chi connectivity index (χ2n) is 3.07. The lowest BCUT2D eigenvalue weighted by atomic mass is 9.99. The van der Waals surface area contributed by atoms with Crippen molar-refractivity contribution in [1.82, 2.24) is 5.32 Å². The fourth-order valence-corrected chi connectivity index (χ4v) is 1.15. The first-order valence-electron chi connectivity index (χ1n) is 4.23. The summed E-state index contributed by atoms with van der Waals surface area (Å²) < 4.78 is 5.07. The van der Waals surface area contributed by atoms with Gasteiger partial charge >= 0.3 is 0 Å². The van der Waals surface area contributed by atoms with Gasteiger partial charge in [-0.1, -0.05) is 5.92 Å². The Morgan fingerprint density at radius 3 is 3.08 bits per heavy atom. The second-order valence-corrected chi connectivity index (χ2v) is 3.07. The van der Waals surface area contributed by atoms with Crippen LogP contribution in [0.1, 0.15) is 13.3 Å². The predicted molar refractivity (Wildman–Crippen MR) is 48.8 cm³/mol. The number of hydrogen-bond acceptors (Lipinski definition) is 3. The summed E-state index contributed by atoms with van der Waals surface area (Å²) in [4.78, 5) is 11.5. The highest BCUT2D eigenvalue weighted by Crippen LogP contribution is 2.14. The number of nitrogens with two attached hydrogens (primary N) is 1. The van der Waals surface area contributed by atoms with E-state index in [1.54, 1.807) is 6.92 Å². The summed E-state index contributed by atoms with van der Waals surface area (Å²) in [5.74, 6) is 5.26. The van der Waals surface area contributed by atoms with Crippen LogP contribution in [-0.2, 0) is 9.53 Å². The number of carbonyl (C=O) groups excluding carboxylic acids is 1. The second kappa shape index (κ2) is 4.26. The summed E-state index contributed by atoms with van der Waals surface area (Å²) in [5.41, 5.74) is 4.96. The summed E-state index contributed by atoms with van der Waals surface area (Å²) in [7, 11) is 0. The Labute approximate surface area is 77.8 Å². The van der Waals surface area contributed by atoms with Gasteiger partial charge < -0.3 is 15.8 Å². The molecule has 4 heteroatoms. The number of ether oxygens (including phenoxy) is 1. The van der Waals surface area contributed by atoms with Gasteiger partial charge in [-0.25, -0.2) is 0 Å². The van der Waals surface area contributed by atoms with Crippen molar-refractivity contribution in [3.05, 3.63) is 0 Å². The molecule has 1 fully saturated rings. The van der Waals surface area contributed by atoms with Crippen molar-refractivity contribution in [2.75, 3.05) is 19.8 Å². The smallest absolute Gasteiger partial charge is 0.243 e. The molecule has 72 valence electrons. The van der Waals surface area contributed by atoms with Gasteiger partial charge in [-0.2, -0.15) is 0 Å². The van der Waals surface area contributed by atoms with Crippen LogP contribution in [0.2, 0.25) is 0 Å². The minimum atomic E-state index is -0.838. The third kappa shape index (κ3) is 2.44. The van der Waals surface area contributed by atoms with Crippen molar-refractivity contribution in [3.63, 3.8) is 0 Å². The van der Waals surface area contributed by atoms with Gasteiger partial charge in [-0.15, -0.1) is 5.92 Å². The van der Waals surface area contributed by atoms with Crippen LogP contribution in [0, 0.1) is 11.8 Å². The fraction of sp³-hybridized carbons (Fsp3) is 0.667. The number of rotatable bonds is 2. The average molecular weight is 182 g/mol. The number of amides is 1. The molecule has 1 rings (SSSR count). The highest BCUT2D eigenvalue weighted by Gasteiger charge is 2.37. The van der Waals surface area contributed by atoms with Crippen LogP contribution in [0.3, 0.4) is 0 Å². The molecule has 0 aromatic carbocycles. The van der Waals surface area contributed by atoms with Gasteiger partial charge in [0.15, 0.2) is 0 Å². The number of hydrogen-bond donors (Lipinski definition) is 2. The van der Waals surface area contributed by atoms with E-state index in [1.165, 1.54) is 0 Å². The maximum absolute atomic E-state index is 11.5. The lowest BCUT2D eigenvalue weighted by molar-refractivity contribution is -0.126. The molecule has 0 radical (unpaired) electrons. The Kier molecular flexibility index (Phi) is 3.29. The van der Waals surface area contributed by atoms with Crippen LogP contribution < -0.4 is 11.1 Å². The third-order valence-corrected chi connectivity index (χ3v) is 2.02. The molecule has 1 aliphatic heterocycles. The summed E-state index contributed by atoms with van der Waals surface area (Å²) >= 11 is 0. The van der Waals surface area contributed by atoms with Crippen LogP contribution in [-0.4, -0.2) is 31.2 Å². The lowest BCUT2D eigenvalue weighted by Crippen LogP contribution is -2.54. The molecule has 1 unspecified atom stereocenters. The molecule has 13 heavy (non-hydrogen) atoms. The van der Waals surface area contributed by atoms with Gasteiger partial charge in [-0.05, 0) is 13.3 Å². The Bertz CT molecular complexity index is 246. The summed E-state index contributed by atoms with van der Waals surface area (Å²) in [6.07, 6.45) is 0.582. The highest BCUT2D eigenvalue weighted by atomic mass is 16.5. The quantitative estimate of drug-likeness (QED) is 0.552. The minimum Gasteiger partial charge on any atom is -0.379 e. The van der Waals surface area contributed by atoms with Crippen molar-refractivity contribution < 1.29 is 9.53 Å². The van der Waals surface area contributed by atoms with E-state index in [-0.39, 0.29) is 5.91 Å². The monoisotopic (exact) mass is 182 g/mol. The van der Waals surface area contributed by atoms with Gasteiger partial charge in [0.25, 0.3) is 0 Å². The van der Waals surface area contributed by atoms with Crippen LogP contribution in [0.15, 0.2) is 0 Å². The summed E-state index contributed by atoms with van der Waals surface area (Å²) in [5, 5.41) is 2.65. The van der Waals surface area contributed by atoms with E-state index in [9.17, 15) is 4.79 Å². The van der Waals surface area contributed by atoms with Crippen molar-refractivity contribution in [2.24, 2.45) is 5.73 Å². The summed E-state index contributed by atoms with van der Waals surface area (Å²) in [6.45, 7) is 2.94. The predicted octanol–water partition coefficient (Wildman–Crippen LogP) is -0.756. The summed E-state index contributed by atoms with van der Waals surface area (Å²) in [6, 6.07) is 0. The van der Waals surface area contributed by atoms with Crippen LogP contribution in [0.4, 0.5) is 0 Å². The SMILES string of the molecule is CC#CCNC(=O)C1(N)CCOC1. The van der Waals surface area contributed by atoms with E-state index in [0.29, 0.717) is 26.2 Å². The normalized spacial score (nSPS) is 26.3. The molecule has 0 bridgehead atoms. The molecule has 4 nitrogen and oxygen atoms in total. The lowest BCUT2D eigenvalue weighted by Gasteiger charge is -2.19. The highest BCUT2D eigenvalue weighted by molar-refractivity contribution is 5.86. The maximum atomic E-state index is 11.5. The van der Waals surface area contributed by atoms with Gasteiger partial charge in [-0.3, -0.25) is 4.79 Å². The molecule has 0 saturated carbocycles. The number of carbonyl (C=O) groups is 1. The largest absolute Gasteiger partial charge is 0.379 e. The van der Waals surface area contributed by atoms with E-state index in [2.05, 4.69) is 17.2 Å². The standard InChI is InChI=1S/C9H14N2O2/c1-2-3-5-11-8(12)9(10)4-6-13-7-9/h4-7,10H2,1H3,(H,11,12).